The molecule has 16 heavy (non-hydrogen) atoms. The lowest BCUT2D eigenvalue weighted by molar-refractivity contribution is 0.109. The van der Waals surface area contributed by atoms with Crippen LogP contribution in [0.25, 0.3) is 0 Å². The summed E-state index contributed by atoms with van der Waals surface area (Å²) in [4.78, 5) is 12.5. The number of rotatable bonds is 5. The molecule has 0 amide bonds. The van der Waals surface area contributed by atoms with Crippen molar-refractivity contribution in [1.29, 1.82) is 0 Å². The van der Waals surface area contributed by atoms with Gasteiger partial charge in [-0.25, -0.2) is 0 Å². The third-order valence-electron chi connectivity index (χ3n) is 2.23. The maximum atomic E-state index is 10.4. The highest BCUT2D eigenvalue weighted by Gasteiger charge is 2.06. The van der Waals surface area contributed by atoms with E-state index in [1.165, 1.54) is 0 Å². The Balaban J connectivity index is 1.91. The monoisotopic (exact) mass is 219 g/mol. The number of carbonyl (C=O) groups is 1. The van der Waals surface area contributed by atoms with Crippen molar-refractivity contribution in [2.75, 3.05) is 7.05 Å². The van der Waals surface area contributed by atoms with Gasteiger partial charge in [0.05, 0.1) is 19.4 Å². The molecule has 0 radical (unpaired) electrons. The predicted molar refractivity (Wildman–Crippen MR) is 58.0 cm³/mol. The molecule has 2 heterocycles. The third-order valence-corrected chi connectivity index (χ3v) is 2.23. The number of hydrogen-bond acceptors (Lipinski definition) is 4. The van der Waals surface area contributed by atoms with Gasteiger partial charge in [-0.1, -0.05) is 0 Å². The molecule has 2 rings (SSSR count). The van der Waals surface area contributed by atoms with E-state index in [0.717, 1.165) is 11.5 Å². The molecule has 0 aliphatic carbocycles. The Bertz CT molecular complexity index is 445. The van der Waals surface area contributed by atoms with Crippen LogP contribution in [0.5, 0.6) is 0 Å². The Morgan fingerprint density at radius 3 is 2.69 bits per heavy atom. The van der Waals surface area contributed by atoms with E-state index in [0.29, 0.717) is 25.1 Å². The van der Waals surface area contributed by atoms with Gasteiger partial charge in [-0.3, -0.25) is 9.69 Å². The lowest BCUT2D eigenvalue weighted by atomic mass is 10.3. The first-order valence-electron chi connectivity index (χ1n) is 5.03. The van der Waals surface area contributed by atoms with Crippen molar-refractivity contribution in [3.05, 3.63) is 47.8 Å². The van der Waals surface area contributed by atoms with E-state index < -0.39 is 0 Å². The largest absolute Gasteiger partial charge is 0.468 e. The molecule has 0 aromatic carbocycles. The topological polar surface area (TPSA) is 46.6 Å². The molecule has 0 N–H and O–H groups in total. The molecule has 0 aliphatic rings. The van der Waals surface area contributed by atoms with Gasteiger partial charge in [-0.05, 0) is 31.3 Å². The Labute approximate surface area is 93.5 Å². The van der Waals surface area contributed by atoms with Crippen LogP contribution in [-0.2, 0) is 13.1 Å². The second kappa shape index (κ2) is 4.81. The molecule has 4 nitrogen and oxygen atoms in total. The molecule has 2 aromatic heterocycles. The SMILES string of the molecule is CN(Cc1ccco1)Cc1ccc(C=O)o1. The number of aldehydes is 1. The molecular weight excluding hydrogens is 206 g/mol. The molecule has 84 valence electrons. The van der Waals surface area contributed by atoms with Crippen molar-refractivity contribution < 1.29 is 13.6 Å². The van der Waals surface area contributed by atoms with Crippen LogP contribution in [0, 0.1) is 0 Å². The van der Waals surface area contributed by atoms with Gasteiger partial charge in [-0.2, -0.15) is 0 Å². The van der Waals surface area contributed by atoms with Crippen LogP contribution in [0.4, 0.5) is 0 Å². The normalized spacial score (nSPS) is 10.9. The number of nitrogens with zero attached hydrogens (tertiary/aromatic N) is 1. The second-order valence-corrected chi connectivity index (χ2v) is 3.67. The van der Waals surface area contributed by atoms with E-state index in [1.807, 2.05) is 30.1 Å². The van der Waals surface area contributed by atoms with E-state index in [2.05, 4.69) is 0 Å². The first-order valence-corrected chi connectivity index (χ1v) is 5.03. The summed E-state index contributed by atoms with van der Waals surface area (Å²) in [7, 11) is 1.96. The fraction of sp³-hybridized carbons (Fsp3) is 0.250. The molecule has 0 atom stereocenters. The maximum Gasteiger partial charge on any atom is 0.185 e. The summed E-state index contributed by atoms with van der Waals surface area (Å²) >= 11 is 0. The van der Waals surface area contributed by atoms with Crippen molar-refractivity contribution in [1.82, 2.24) is 4.90 Å². The van der Waals surface area contributed by atoms with Crippen molar-refractivity contribution in [2.24, 2.45) is 0 Å². The molecule has 0 spiro atoms. The summed E-state index contributed by atoms with van der Waals surface area (Å²) in [5, 5.41) is 0. The first kappa shape index (κ1) is 10.7. The maximum absolute atomic E-state index is 10.4. The summed E-state index contributed by atoms with van der Waals surface area (Å²) in [6.45, 7) is 1.36. The predicted octanol–water partition coefficient (Wildman–Crippen LogP) is 2.32. The lowest BCUT2D eigenvalue weighted by Gasteiger charge is -2.12. The van der Waals surface area contributed by atoms with Crippen LogP contribution in [-0.4, -0.2) is 18.2 Å². The van der Waals surface area contributed by atoms with Gasteiger partial charge in [0.2, 0.25) is 0 Å². The fourth-order valence-corrected chi connectivity index (χ4v) is 1.53. The molecule has 4 heteroatoms. The number of carbonyl (C=O) groups excluding carboxylic acids is 1. The van der Waals surface area contributed by atoms with E-state index in [4.69, 9.17) is 8.83 Å². The van der Waals surface area contributed by atoms with Crippen LogP contribution in [0.1, 0.15) is 22.1 Å². The van der Waals surface area contributed by atoms with Crippen molar-refractivity contribution in [2.45, 2.75) is 13.1 Å². The van der Waals surface area contributed by atoms with Crippen LogP contribution in [0.15, 0.2) is 39.4 Å². The van der Waals surface area contributed by atoms with Gasteiger partial charge < -0.3 is 8.83 Å². The zero-order valence-electron chi connectivity index (χ0n) is 9.05. The molecular formula is C12H13NO3. The average Bonchev–Trinajstić information content (AvgIpc) is 2.89. The first-order chi connectivity index (χ1) is 7.78. The second-order valence-electron chi connectivity index (χ2n) is 3.67. The molecule has 0 bridgehead atoms. The standard InChI is InChI=1S/C12H13NO3/c1-13(7-10-3-2-6-15-10)8-11-4-5-12(9-14)16-11/h2-6,9H,7-8H2,1H3. The van der Waals surface area contributed by atoms with E-state index in [1.54, 1.807) is 12.3 Å². The van der Waals surface area contributed by atoms with Crippen molar-refractivity contribution in [3.8, 4) is 0 Å². The quantitative estimate of drug-likeness (QED) is 0.724. The van der Waals surface area contributed by atoms with Gasteiger partial charge in [0.25, 0.3) is 0 Å². The summed E-state index contributed by atoms with van der Waals surface area (Å²) in [6, 6.07) is 7.27. The Morgan fingerprint density at radius 1 is 1.25 bits per heavy atom. The van der Waals surface area contributed by atoms with Gasteiger partial charge in [0, 0.05) is 0 Å². The van der Waals surface area contributed by atoms with E-state index in [9.17, 15) is 4.79 Å². The van der Waals surface area contributed by atoms with Crippen molar-refractivity contribution >= 4 is 6.29 Å². The highest BCUT2D eigenvalue weighted by Crippen LogP contribution is 2.10. The van der Waals surface area contributed by atoms with Gasteiger partial charge in [0.15, 0.2) is 12.0 Å². The molecule has 0 fully saturated rings. The summed E-state index contributed by atoms with van der Waals surface area (Å²) in [5.41, 5.74) is 0. The highest BCUT2D eigenvalue weighted by molar-refractivity contribution is 5.70. The molecule has 2 aromatic rings. The molecule has 0 aliphatic heterocycles. The smallest absolute Gasteiger partial charge is 0.185 e. The molecule has 0 saturated carbocycles. The van der Waals surface area contributed by atoms with Crippen molar-refractivity contribution in [3.63, 3.8) is 0 Å². The van der Waals surface area contributed by atoms with Gasteiger partial charge >= 0.3 is 0 Å². The van der Waals surface area contributed by atoms with E-state index >= 15 is 0 Å². The summed E-state index contributed by atoms with van der Waals surface area (Å²) < 4.78 is 10.5. The van der Waals surface area contributed by atoms with Gasteiger partial charge in [0.1, 0.15) is 11.5 Å². The summed E-state index contributed by atoms with van der Waals surface area (Å²) in [5.74, 6) is 2.04. The summed E-state index contributed by atoms with van der Waals surface area (Å²) in [6.07, 6.45) is 2.36. The lowest BCUT2D eigenvalue weighted by Crippen LogP contribution is -2.16. The zero-order chi connectivity index (χ0) is 11.4. The minimum absolute atomic E-state index is 0.362. The Morgan fingerprint density at radius 2 is 2.06 bits per heavy atom. The average molecular weight is 219 g/mol. The minimum Gasteiger partial charge on any atom is -0.468 e. The van der Waals surface area contributed by atoms with Gasteiger partial charge in [-0.15, -0.1) is 0 Å². The Kier molecular flexibility index (Phi) is 3.22. The Hall–Kier alpha value is -1.81. The van der Waals surface area contributed by atoms with Crippen LogP contribution in [0.2, 0.25) is 0 Å². The third kappa shape index (κ3) is 2.61. The molecule has 0 saturated heterocycles. The van der Waals surface area contributed by atoms with E-state index in [-0.39, 0.29) is 0 Å². The zero-order valence-corrected chi connectivity index (χ0v) is 9.05. The minimum atomic E-state index is 0.362. The van der Waals surface area contributed by atoms with Crippen LogP contribution in [0.3, 0.4) is 0 Å². The number of hydrogen-bond donors (Lipinski definition) is 0. The highest BCUT2D eigenvalue weighted by atomic mass is 16.3. The fourth-order valence-electron chi connectivity index (χ4n) is 1.53. The van der Waals surface area contributed by atoms with Crippen LogP contribution >= 0.6 is 0 Å². The van der Waals surface area contributed by atoms with Crippen LogP contribution < -0.4 is 0 Å². The number of furan rings is 2. The molecule has 0 unspecified atom stereocenters.